The molecule has 0 aromatic heterocycles. The average Bonchev–Trinajstić information content (AvgIpc) is 2.94. The number of aliphatic hydroxyl groups excluding tert-OH is 2. The number of methoxy groups -OCH3 is 1. The van der Waals surface area contributed by atoms with Crippen LogP contribution in [0, 0.1) is 11.3 Å². The fraction of sp³-hybridized carbons (Fsp3) is 0.650. The summed E-state index contributed by atoms with van der Waals surface area (Å²) in [6.07, 6.45) is 4.89. The highest BCUT2D eigenvalue weighted by Gasteiger charge is 2.62. The lowest BCUT2D eigenvalue weighted by molar-refractivity contribution is -0.152. The molecule has 1 amide bonds. The van der Waals surface area contributed by atoms with Gasteiger partial charge in [0.15, 0.2) is 0 Å². The number of nitrogens with zero attached hydrogens (tertiary/aromatic N) is 1. The van der Waals surface area contributed by atoms with Crippen LogP contribution in [0.1, 0.15) is 37.7 Å². The summed E-state index contributed by atoms with van der Waals surface area (Å²) in [7, 11) is 1.64. The number of ether oxygens (including phenoxy) is 1. The van der Waals surface area contributed by atoms with Gasteiger partial charge < -0.3 is 19.8 Å². The molecule has 25 heavy (non-hydrogen) atoms. The van der Waals surface area contributed by atoms with E-state index in [1.807, 2.05) is 24.3 Å². The lowest BCUT2D eigenvalue weighted by Crippen LogP contribution is -2.60. The van der Waals surface area contributed by atoms with E-state index in [9.17, 15) is 15.0 Å². The van der Waals surface area contributed by atoms with Crippen molar-refractivity contribution < 1.29 is 19.7 Å². The number of rotatable bonds is 4. The van der Waals surface area contributed by atoms with Gasteiger partial charge in [-0.2, -0.15) is 0 Å². The van der Waals surface area contributed by atoms with Crippen molar-refractivity contribution in [3.8, 4) is 5.75 Å². The summed E-state index contributed by atoms with van der Waals surface area (Å²) < 4.78 is 5.25. The Bertz CT molecular complexity index is 644. The number of aliphatic hydroxyl groups is 2. The molecule has 3 aliphatic rings. The van der Waals surface area contributed by atoms with E-state index in [0.717, 1.165) is 24.2 Å². The average molecular weight is 345 g/mol. The van der Waals surface area contributed by atoms with Crippen LogP contribution in [0.2, 0.25) is 0 Å². The van der Waals surface area contributed by atoms with Gasteiger partial charge in [0.1, 0.15) is 5.75 Å². The second kappa shape index (κ2) is 5.99. The van der Waals surface area contributed by atoms with Crippen molar-refractivity contribution in [2.24, 2.45) is 11.3 Å². The molecule has 1 aromatic carbocycles. The van der Waals surface area contributed by atoms with Crippen LogP contribution in [0.25, 0.3) is 0 Å². The molecule has 1 aromatic rings. The van der Waals surface area contributed by atoms with Crippen molar-refractivity contribution >= 4 is 5.91 Å². The number of amides is 1. The highest BCUT2D eigenvalue weighted by molar-refractivity contribution is 5.90. The fourth-order valence-electron chi connectivity index (χ4n) is 5.15. The van der Waals surface area contributed by atoms with E-state index in [1.165, 1.54) is 19.3 Å². The van der Waals surface area contributed by atoms with E-state index < -0.39 is 11.5 Å². The first-order valence-corrected chi connectivity index (χ1v) is 9.25. The first-order valence-electron chi connectivity index (χ1n) is 9.25. The maximum absolute atomic E-state index is 13.4. The van der Waals surface area contributed by atoms with Gasteiger partial charge in [-0.05, 0) is 48.8 Å². The Hall–Kier alpha value is -1.59. The van der Waals surface area contributed by atoms with Crippen LogP contribution >= 0.6 is 0 Å². The fourth-order valence-corrected chi connectivity index (χ4v) is 5.15. The van der Waals surface area contributed by atoms with Gasteiger partial charge in [0.25, 0.3) is 0 Å². The van der Waals surface area contributed by atoms with Crippen molar-refractivity contribution in [3.63, 3.8) is 0 Å². The first kappa shape index (κ1) is 16.9. The number of carbonyl (C=O) groups excluding carboxylic acids is 1. The van der Waals surface area contributed by atoms with Crippen LogP contribution in [-0.2, 0) is 10.2 Å². The van der Waals surface area contributed by atoms with Crippen LogP contribution in [0.5, 0.6) is 5.75 Å². The number of β-amino-alcohol motifs (C(OH)–C–C–N with tert-alkyl or cyclic N) is 1. The molecule has 0 bridgehead atoms. The van der Waals surface area contributed by atoms with Gasteiger partial charge >= 0.3 is 0 Å². The molecule has 2 aliphatic carbocycles. The first-order chi connectivity index (χ1) is 12.0. The molecule has 136 valence electrons. The molecule has 2 atom stereocenters. The minimum atomic E-state index is -0.625. The predicted octanol–water partition coefficient (Wildman–Crippen LogP) is 1.71. The standard InChI is InChI=1S/C20H27NO4/c1-25-16-5-3-15(4-6-16)20(12-19(13-20)7-2-8-19)18(24)21-9-14(11-22)17(23)10-21/h3-6,14,17,22-23H,2,7-13H2,1H3/t14-,17-/m1/s1. The quantitative estimate of drug-likeness (QED) is 0.872. The van der Waals surface area contributed by atoms with E-state index in [1.54, 1.807) is 12.0 Å². The Labute approximate surface area is 148 Å². The number of hydrogen-bond donors (Lipinski definition) is 2. The summed E-state index contributed by atoms with van der Waals surface area (Å²) in [4.78, 5) is 15.2. The molecule has 5 heteroatoms. The lowest BCUT2D eigenvalue weighted by Gasteiger charge is -2.61. The van der Waals surface area contributed by atoms with E-state index >= 15 is 0 Å². The zero-order chi connectivity index (χ0) is 17.7. The zero-order valence-corrected chi connectivity index (χ0v) is 14.8. The molecule has 1 saturated heterocycles. The third kappa shape index (κ3) is 2.56. The lowest BCUT2D eigenvalue weighted by atomic mass is 9.43. The molecule has 2 N–H and O–H groups in total. The summed E-state index contributed by atoms with van der Waals surface area (Å²) in [6.45, 7) is 0.695. The molecule has 1 aliphatic heterocycles. The van der Waals surface area contributed by atoms with Crippen molar-refractivity contribution in [1.29, 1.82) is 0 Å². The third-order valence-corrected chi connectivity index (χ3v) is 6.75. The minimum Gasteiger partial charge on any atom is -0.497 e. The molecule has 1 spiro atoms. The van der Waals surface area contributed by atoms with E-state index in [0.29, 0.717) is 18.5 Å². The van der Waals surface area contributed by atoms with Crippen LogP contribution < -0.4 is 4.74 Å². The summed E-state index contributed by atoms with van der Waals surface area (Å²) in [5.41, 5.74) is 0.930. The molecule has 0 radical (unpaired) electrons. The summed E-state index contributed by atoms with van der Waals surface area (Å²) in [5, 5.41) is 19.5. The van der Waals surface area contributed by atoms with Crippen LogP contribution in [0.3, 0.4) is 0 Å². The smallest absolute Gasteiger partial charge is 0.233 e. The minimum absolute atomic E-state index is 0.0789. The zero-order valence-electron chi connectivity index (χ0n) is 14.8. The second-order valence-electron chi connectivity index (χ2n) is 8.24. The van der Waals surface area contributed by atoms with E-state index in [-0.39, 0.29) is 18.4 Å². The van der Waals surface area contributed by atoms with Gasteiger partial charge in [0.05, 0.1) is 25.2 Å². The van der Waals surface area contributed by atoms with E-state index in [2.05, 4.69) is 0 Å². The van der Waals surface area contributed by atoms with Crippen molar-refractivity contribution in [2.75, 3.05) is 26.8 Å². The molecule has 2 saturated carbocycles. The van der Waals surface area contributed by atoms with Crippen LogP contribution in [0.4, 0.5) is 0 Å². The number of likely N-dealkylation sites (tertiary alicyclic amines) is 1. The maximum atomic E-state index is 13.4. The Morgan fingerprint density at radius 1 is 1.24 bits per heavy atom. The molecule has 1 heterocycles. The largest absolute Gasteiger partial charge is 0.497 e. The number of hydrogen-bond acceptors (Lipinski definition) is 4. The van der Waals surface area contributed by atoms with Crippen molar-refractivity contribution in [3.05, 3.63) is 29.8 Å². The van der Waals surface area contributed by atoms with Gasteiger partial charge in [-0.25, -0.2) is 0 Å². The Morgan fingerprint density at radius 2 is 1.92 bits per heavy atom. The summed E-state index contributed by atoms with van der Waals surface area (Å²) in [6, 6.07) is 7.87. The van der Waals surface area contributed by atoms with Gasteiger partial charge in [-0.15, -0.1) is 0 Å². The monoisotopic (exact) mass is 345 g/mol. The van der Waals surface area contributed by atoms with Crippen molar-refractivity contribution in [1.82, 2.24) is 4.90 Å². The highest BCUT2D eigenvalue weighted by Crippen LogP contribution is 2.65. The van der Waals surface area contributed by atoms with Crippen LogP contribution in [0.15, 0.2) is 24.3 Å². The molecule has 0 unspecified atom stereocenters. The van der Waals surface area contributed by atoms with E-state index in [4.69, 9.17) is 4.74 Å². The Balaban J connectivity index is 1.61. The molecule has 5 nitrogen and oxygen atoms in total. The number of carbonyl (C=O) groups is 1. The molecular formula is C20H27NO4. The topological polar surface area (TPSA) is 70.0 Å². The van der Waals surface area contributed by atoms with Crippen LogP contribution in [-0.4, -0.2) is 53.9 Å². The van der Waals surface area contributed by atoms with Gasteiger partial charge in [-0.3, -0.25) is 4.79 Å². The molecule has 3 fully saturated rings. The SMILES string of the molecule is COc1ccc(C2(C(=O)N3C[C@H](CO)[C@H](O)C3)CC3(CCC3)C2)cc1. The van der Waals surface area contributed by atoms with Gasteiger partial charge in [-0.1, -0.05) is 18.6 Å². The normalized spacial score (nSPS) is 29.2. The Kier molecular flexibility index (Phi) is 4.04. The Morgan fingerprint density at radius 3 is 2.40 bits per heavy atom. The summed E-state index contributed by atoms with van der Waals surface area (Å²) in [5.74, 6) is 0.681. The van der Waals surface area contributed by atoms with Gasteiger partial charge in [0.2, 0.25) is 5.91 Å². The molecule has 4 rings (SSSR count). The summed E-state index contributed by atoms with van der Waals surface area (Å²) >= 11 is 0. The molecular weight excluding hydrogens is 318 g/mol. The van der Waals surface area contributed by atoms with Crippen molar-refractivity contribution in [2.45, 2.75) is 43.6 Å². The highest BCUT2D eigenvalue weighted by atomic mass is 16.5. The predicted molar refractivity (Wildman–Crippen MR) is 93.4 cm³/mol. The second-order valence-corrected chi connectivity index (χ2v) is 8.24. The maximum Gasteiger partial charge on any atom is 0.233 e. The van der Waals surface area contributed by atoms with Gasteiger partial charge in [0, 0.05) is 19.0 Å². The third-order valence-electron chi connectivity index (χ3n) is 6.75. The number of benzene rings is 1.